The third-order valence-corrected chi connectivity index (χ3v) is 1.58. The molecule has 3 N–H and O–H groups in total. The fraction of sp³-hybridized carbons (Fsp3) is 0.200. The molecule has 1 aromatic rings. The van der Waals surface area contributed by atoms with Crippen molar-refractivity contribution in [2.75, 3.05) is 11.9 Å². The molecule has 0 aromatic carbocycles. The van der Waals surface area contributed by atoms with Gasteiger partial charge in [0.2, 0.25) is 5.91 Å². The highest BCUT2D eigenvalue weighted by Gasteiger charge is 1.96. The standard InChI is InChI=1S/C10H13N3O/c1-8-4-5-9(7-12-8)13-10(14)3-2-6-11/h2-5,7H,6,11H2,1H3,(H,13,14)/b3-2+. The van der Waals surface area contributed by atoms with E-state index in [1.807, 2.05) is 13.0 Å². The molecule has 0 fully saturated rings. The largest absolute Gasteiger partial charge is 0.327 e. The summed E-state index contributed by atoms with van der Waals surface area (Å²) in [4.78, 5) is 15.2. The third-order valence-electron chi connectivity index (χ3n) is 1.58. The molecule has 74 valence electrons. The Kier molecular flexibility index (Phi) is 3.82. The van der Waals surface area contributed by atoms with Crippen molar-refractivity contribution in [1.82, 2.24) is 4.98 Å². The number of hydrogen-bond donors (Lipinski definition) is 2. The van der Waals surface area contributed by atoms with Crippen molar-refractivity contribution in [3.63, 3.8) is 0 Å². The number of aryl methyl sites for hydroxylation is 1. The van der Waals surface area contributed by atoms with Gasteiger partial charge in [-0.15, -0.1) is 0 Å². The van der Waals surface area contributed by atoms with Gasteiger partial charge in [0.1, 0.15) is 0 Å². The number of nitrogens with zero attached hydrogens (tertiary/aromatic N) is 1. The molecule has 1 aromatic heterocycles. The van der Waals surface area contributed by atoms with Gasteiger partial charge in [-0.05, 0) is 19.1 Å². The Morgan fingerprint density at radius 1 is 1.64 bits per heavy atom. The first-order valence-electron chi connectivity index (χ1n) is 4.32. The lowest BCUT2D eigenvalue weighted by atomic mass is 10.3. The number of nitrogens with one attached hydrogen (secondary N) is 1. The quantitative estimate of drug-likeness (QED) is 0.696. The molecule has 0 atom stereocenters. The van der Waals surface area contributed by atoms with Gasteiger partial charge in [-0.3, -0.25) is 9.78 Å². The van der Waals surface area contributed by atoms with Gasteiger partial charge in [-0.25, -0.2) is 0 Å². The molecular formula is C10H13N3O. The number of rotatable bonds is 3. The Morgan fingerprint density at radius 2 is 2.43 bits per heavy atom. The highest BCUT2D eigenvalue weighted by atomic mass is 16.1. The second-order valence-corrected chi connectivity index (χ2v) is 2.82. The fourth-order valence-corrected chi connectivity index (χ4v) is 0.901. The molecule has 1 amide bonds. The zero-order valence-corrected chi connectivity index (χ0v) is 8.03. The van der Waals surface area contributed by atoms with E-state index in [9.17, 15) is 4.79 Å². The second-order valence-electron chi connectivity index (χ2n) is 2.82. The zero-order valence-electron chi connectivity index (χ0n) is 8.03. The highest BCUT2D eigenvalue weighted by molar-refractivity contribution is 5.99. The van der Waals surface area contributed by atoms with Crippen molar-refractivity contribution in [3.8, 4) is 0 Å². The Labute approximate surface area is 82.8 Å². The molecule has 0 unspecified atom stereocenters. The van der Waals surface area contributed by atoms with E-state index in [0.717, 1.165) is 5.69 Å². The first-order valence-corrected chi connectivity index (χ1v) is 4.32. The summed E-state index contributed by atoms with van der Waals surface area (Å²) in [5.74, 6) is -0.193. The van der Waals surface area contributed by atoms with E-state index in [4.69, 9.17) is 5.73 Å². The van der Waals surface area contributed by atoms with Crippen LogP contribution in [-0.4, -0.2) is 17.4 Å². The number of carbonyl (C=O) groups excluding carboxylic acids is 1. The van der Waals surface area contributed by atoms with E-state index in [2.05, 4.69) is 10.3 Å². The van der Waals surface area contributed by atoms with Crippen molar-refractivity contribution in [3.05, 3.63) is 36.2 Å². The summed E-state index contributed by atoms with van der Waals surface area (Å²) in [6, 6.07) is 3.64. The number of anilines is 1. The lowest BCUT2D eigenvalue weighted by molar-refractivity contribution is -0.111. The fourth-order valence-electron chi connectivity index (χ4n) is 0.901. The van der Waals surface area contributed by atoms with Crippen molar-refractivity contribution in [1.29, 1.82) is 0 Å². The predicted molar refractivity (Wildman–Crippen MR) is 55.8 cm³/mol. The number of carbonyl (C=O) groups is 1. The van der Waals surface area contributed by atoms with E-state index >= 15 is 0 Å². The molecular weight excluding hydrogens is 178 g/mol. The third kappa shape index (κ3) is 3.37. The van der Waals surface area contributed by atoms with Crippen LogP contribution < -0.4 is 11.1 Å². The van der Waals surface area contributed by atoms with Crippen LogP contribution in [0.2, 0.25) is 0 Å². The van der Waals surface area contributed by atoms with Crippen LogP contribution in [0.3, 0.4) is 0 Å². The van der Waals surface area contributed by atoms with Gasteiger partial charge in [-0.2, -0.15) is 0 Å². The highest BCUT2D eigenvalue weighted by Crippen LogP contribution is 2.04. The van der Waals surface area contributed by atoms with Gasteiger partial charge >= 0.3 is 0 Å². The minimum absolute atomic E-state index is 0.193. The van der Waals surface area contributed by atoms with Crippen molar-refractivity contribution < 1.29 is 4.79 Å². The smallest absolute Gasteiger partial charge is 0.248 e. The summed E-state index contributed by atoms with van der Waals surface area (Å²) in [6.45, 7) is 2.25. The summed E-state index contributed by atoms with van der Waals surface area (Å²) < 4.78 is 0. The van der Waals surface area contributed by atoms with E-state index in [1.54, 1.807) is 18.3 Å². The molecule has 4 heteroatoms. The van der Waals surface area contributed by atoms with Gasteiger partial charge in [0.15, 0.2) is 0 Å². The first kappa shape index (κ1) is 10.4. The van der Waals surface area contributed by atoms with E-state index in [1.165, 1.54) is 6.08 Å². The van der Waals surface area contributed by atoms with Crippen molar-refractivity contribution >= 4 is 11.6 Å². The predicted octanol–water partition coefficient (Wildman–Crippen LogP) is 0.843. The van der Waals surface area contributed by atoms with Gasteiger partial charge in [0.25, 0.3) is 0 Å². The zero-order chi connectivity index (χ0) is 10.4. The lowest BCUT2D eigenvalue weighted by Gasteiger charge is -2.00. The topological polar surface area (TPSA) is 68.0 Å². The molecule has 0 saturated heterocycles. The number of hydrogen-bond acceptors (Lipinski definition) is 3. The monoisotopic (exact) mass is 191 g/mol. The van der Waals surface area contributed by atoms with Crippen LogP contribution in [0.25, 0.3) is 0 Å². The van der Waals surface area contributed by atoms with Gasteiger partial charge in [0.05, 0.1) is 11.9 Å². The average molecular weight is 191 g/mol. The summed E-state index contributed by atoms with van der Waals surface area (Å²) in [6.07, 6.45) is 4.61. The Hall–Kier alpha value is -1.68. The van der Waals surface area contributed by atoms with Crippen LogP contribution in [0.1, 0.15) is 5.69 Å². The minimum Gasteiger partial charge on any atom is -0.327 e. The van der Waals surface area contributed by atoms with Crippen LogP contribution in [0.15, 0.2) is 30.5 Å². The molecule has 0 spiro atoms. The number of nitrogens with two attached hydrogens (primary N) is 1. The maximum Gasteiger partial charge on any atom is 0.248 e. The summed E-state index contributed by atoms with van der Waals surface area (Å²) in [7, 11) is 0. The van der Waals surface area contributed by atoms with E-state index in [-0.39, 0.29) is 5.91 Å². The Morgan fingerprint density at radius 3 is 3.00 bits per heavy atom. The molecule has 0 aliphatic rings. The maximum atomic E-state index is 11.2. The SMILES string of the molecule is Cc1ccc(NC(=O)/C=C/CN)cn1. The van der Waals surface area contributed by atoms with Gasteiger partial charge < -0.3 is 11.1 Å². The van der Waals surface area contributed by atoms with Crippen LogP contribution in [-0.2, 0) is 4.79 Å². The van der Waals surface area contributed by atoms with Crippen LogP contribution in [0.4, 0.5) is 5.69 Å². The summed E-state index contributed by atoms with van der Waals surface area (Å²) in [5, 5.41) is 2.66. The first-order chi connectivity index (χ1) is 6.72. The summed E-state index contributed by atoms with van der Waals surface area (Å²) >= 11 is 0. The number of aromatic nitrogens is 1. The molecule has 0 aliphatic carbocycles. The molecule has 0 radical (unpaired) electrons. The van der Waals surface area contributed by atoms with Crippen LogP contribution in [0, 0.1) is 6.92 Å². The van der Waals surface area contributed by atoms with Gasteiger partial charge in [0, 0.05) is 18.3 Å². The molecule has 14 heavy (non-hydrogen) atoms. The summed E-state index contributed by atoms with van der Waals surface area (Å²) in [5.41, 5.74) is 6.81. The average Bonchev–Trinajstić information content (AvgIpc) is 2.18. The number of amides is 1. The number of pyridine rings is 1. The van der Waals surface area contributed by atoms with Gasteiger partial charge in [-0.1, -0.05) is 6.08 Å². The lowest BCUT2D eigenvalue weighted by Crippen LogP contribution is -2.09. The Balaban J connectivity index is 2.56. The molecule has 1 rings (SSSR count). The molecule has 0 saturated carbocycles. The van der Waals surface area contributed by atoms with Crippen molar-refractivity contribution in [2.45, 2.75) is 6.92 Å². The van der Waals surface area contributed by atoms with Crippen LogP contribution >= 0.6 is 0 Å². The maximum absolute atomic E-state index is 11.2. The molecule has 1 heterocycles. The Bertz CT molecular complexity index is 330. The van der Waals surface area contributed by atoms with E-state index in [0.29, 0.717) is 12.2 Å². The minimum atomic E-state index is -0.193. The van der Waals surface area contributed by atoms with Crippen LogP contribution in [0.5, 0.6) is 0 Å². The molecule has 4 nitrogen and oxygen atoms in total. The molecule has 0 bridgehead atoms. The van der Waals surface area contributed by atoms with Crippen molar-refractivity contribution in [2.24, 2.45) is 5.73 Å². The van der Waals surface area contributed by atoms with E-state index < -0.39 is 0 Å². The normalized spacial score (nSPS) is 10.4. The second kappa shape index (κ2) is 5.14. The molecule has 0 aliphatic heterocycles.